The van der Waals surface area contributed by atoms with E-state index in [-0.39, 0.29) is 5.91 Å². The van der Waals surface area contributed by atoms with Crippen LogP contribution in [-0.2, 0) is 11.3 Å². The summed E-state index contributed by atoms with van der Waals surface area (Å²) in [5.41, 5.74) is 2.11. The van der Waals surface area contributed by atoms with Crippen molar-refractivity contribution in [2.75, 3.05) is 20.3 Å². The number of carbonyl (C=O) groups is 1. The second-order valence-electron chi connectivity index (χ2n) is 5.59. The summed E-state index contributed by atoms with van der Waals surface area (Å²) in [4.78, 5) is 16.4. The van der Waals surface area contributed by atoms with Crippen molar-refractivity contribution in [1.82, 2.24) is 4.90 Å². The third kappa shape index (κ3) is 3.20. The van der Waals surface area contributed by atoms with E-state index in [1.54, 1.807) is 18.4 Å². The van der Waals surface area contributed by atoms with Gasteiger partial charge in [-0.05, 0) is 36.8 Å². The van der Waals surface area contributed by atoms with E-state index in [0.29, 0.717) is 26.1 Å². The molecular formula is C18H21NO3S. The fourth-order valence-electron chi connectivity index (χ4n) is 2.80. The Morgan fingerprint density at radius 2 is 2.22 bits per heavy atom. The monoisotopic (exact) mass is 331 g/mol. The standard InChI is InChI=1S/C18H21NO3S/c1-4-17(20)19-7-8-22-18-14(11-19)9-13(10-15(18)21-3)16-6-5-12(2)23-16/h5-6,9-10H,4,7-8,11H2,1-3H3. The highest BCUT2D eigenvalue weighted by atomic mass is 32.1. The van der Waals surface area contributed by atoms with Crippen molar-refractivity contribution in [3.8, 4) is 21.9 Å². The van der Waals surface area contributed by atoms with Crippen molar-refractivity contribution in [2.45, 2.75) is 26.8 Å². The molecule has 0 unspecified atom stereocenters. The van der Waals surface area contributed by atoms with Gasteiger partial charge in [0, 0.05) is 28.3 Å². The largest absolute Gasteiger partial charge is 0.493 e. The summed E-state index contributed by atoms with van der Waals surface area (Å²) in [6, 6.07) is 8.36. The number of aryl methyl sites for hydroxylation is 1. The fraction of sp³-hybridized carbons (Fsp3) is 0.389. The lowest BCUT2D eigenvalue weighted by Gasteiger charge is -2.19. The van der Waals surface area contributed by atoms with Gasteiger partial charge in [-0.3, -0.25) is 4.79 Å². The molecule has 1 amide bonds. The molecule has 0 fully saturated rings. The van der Waals surface area contributed by atoms with Gasteiger partial charge in [0.05, 0.1) is 13.7 Å². The van der Waals surface area contributed by atoms with E-state index in [2.05, 4.69) is 25.1 Å². The number of fused-ring (bicyclic) bond motifs is 1. The molecule has 0 spiro atoms. The van der Waals surface area contributed by atoms with Gasteiger partial charge in [-0.25, -0.2) is 0 Å². The maximum Gasteiger partial charge on any atom is 0.222 e. The number of benzene rings is 1. The first-order valence-corrected chi connectivity index (χ1v) is 8.62. The molecule has 2 heterocycles. The number of hydrogen-bond acceptors (Lipinski definition) is 4. The van der Waals surface area contributed by atoms with E-state index in [1.807, 2.05) is 17.9 Å². The molecule has 0 radical (unpaired) electrons. The summed E-state index contributed by atoms with van der Waals surface area (Å²) in [6.45, 7) is 5.65. The van der Waals surface area contributed by atoms with E-state index in [0.717, 1.165) is 22.6 Å². The molecule has 2 aromatic rings. The van der Waals surface area contributed by atoms with E-state index >= 15 is 0 Å². The van der Waals surface area contributed by atoms with E-state index in [4.69, 9.17) is 9.47 Å². The van der Waals surface area contributed by atoms with Crippen molar-refractivity contribution >= 4 is 17.2 Å². The van der Waals surface area contributed by atoms with Crippen molar-refractivity contribution in [1.29, 1.82) is 0 Å². The summed E-state index contributed by atoms with van der Waals surface area (Å²) < 4.78 is 11.4. The first-order valence-electron chi connectivity index (χ1n) is 7.80. The van der Waals surface area contributed by atoms with E-state index in [1.165, 1.54) is 9.75 Å². The number of thiophene rings is 1. The van der Waals surface area contributed by atoms with Gasteiger partial charge < -0.3 is 14.4 Å². The molecule has 1 aromatic carbocycles. The quantitative estimate of drug-likeness (QED) is 0.857. The molecule has 1 aliphatic heterocycles. The highest BCUT2D eigenvalue weighted by Crippen LogP contribution is 2.40. The molecule has 122 valence electrons. The minimum Gasteiger partial charge on any atom is -0.493 e. The van der Waals surface area contributed by atoms with Crippen LogP contribution in [0.1, 0.15) is 23.8 Å². The highest BCUT2D eigenvalue weighted by molar-refractivity contribution is 7.15. The molecule has 0 saturated carbocycles. The predicted octanol–water partition coefficient (Wildman–Crippen LogP) is 3.86. The van der Waals surface area contributed by atoms with Crippen LogP contribution < -0.4 is 9.47 Å². The average Bonchev–Trinajstić information content (AvgIpc) is 2.88. The topological polar surface area (TPSA) is 38.8 Å². The van der Waals surface area contributed by atoms with E-state index in [9.17, 15) is 4.79 Å². The molecular weight excluding hydrogens is 310 g/mol. The van der Waals surface area contributed by atoms with Gasteiger partial charge in [-0.15, -0.1) is 11.3 Å². The van der Waals surface area contributed by atoms with Gasteiger partial charge in [0.2, 0.25) is 5.91 Å². The third-order valence-electron chi connectivity index (χ3n) is 4.00. The van der Waals surface area contributed by atoms with E-state index < -0.39 is 0 Å². The molecule has 0 N–H and O–H groups in total. The Hall–Kier alpha value is -2.01. The zero-order valence-electron chi connectivity index (χ0n) is 13.7. The second-order valence-corrected chi connectivity index (χ2v) is 6.88. The number of hydrogen-bond donors (Lipinski definition) is 0. The van der Waals surface area contributed by atoms with Crippen LogP contribution >= 0.6 is 11.3 Å². The first kappa shape index (κ1) is 15.9. The second kappa shape index (κ2) is 6.62. The predicted molar refractivity (Wildman–Crippen MR) is 92.2 cm³/mol. The number of carbonyl (C=O) groups excluding carboxylic acids is 1. The minimum atomic E-state index is 0.151. The van der Waals surface area contributed by atoms with Crippen LogP contribution in [0.5, 0.6) is 11.5 Å². The smallest absolute Gasteiger partial charge is 0.222 e. The normalized spacial score (nSPS) is 14.0. The summed E-state index contributed by atoms with van der Waals surface area (Å²) >= 11 is 1.75. The summed E-state index contributed by atoms with van der Waals surface area (Å²) in [5, 5.41) is 0. The number of rotatable bonds is 3. The Morgan fingerprint density at radius 1 is 1.39 bits per heavy atom. The number of nitrogens with zero attached hydrogens (tertiary/aromatic N) is 1. The summed E-state index contributed by atoms with van der Waals surface area (Å²) in [5.74, 6) is 1.64. The number of amides is 1. The number of ether oxygens (including phenoxy) is 2. The molecule has 0 saturated heterocycles. The third-order valence-corrected chi connectivity index (χ3v) is 5.05. The van der Waals surface area contributed by atoms with Crippen LogP contribution in [0.15, 0.2) is 24.3 Å². The molecule has 3 rings (SSSR count). The van der Waals surface area contributed by atoms with Gasteiger partial charge in [-0.1, -0.05) is 6.92 Å². The SMILES string of the molecule is CCC(=O)N1CCOc2c(cc(-c3ccc(C)s3)cc2OC)C1. The summed E-state index contributed by atoms with van der Waals surface area (Å²) in [6.07, 6.45) is 0.510. The Labute approximate surface area is 140 Å². The Bertz CT molecular complexity index is 723. The van der Waals surface area contributed by atoms with Crippen molar-refractivity contribution in [3.05, 3.63) is 34.7 Å². The van der Waals surface area contributed by atoms with Crippen LogP contribution in [0.4, 0.5) is 0 Å². The van der Waals surface area contributed by atoms with Gasteiger partial charge in [0.25, 0.3) is 0 Å². The minimum absolute atomic E-state index is 0.151. The zero-order chi connectivity index (χ0) is 16.4. The Balaban J connectivity index is 2.04. The van der Waals surface area contributed by atoms with Crippen LogP contribution in [0.2, 0.25) is 0 Å². The lowest BCUT2D eigenvalue weighted by molar-refractivity contribution is -0.131. The lowest BCUT2D eigenvalue weighted by Crippen LogP contribution is -2.31. The molecule has 4 nitrogen and oxygen atoms in total. The molecule has 0 aliphatic carbocycles. The Kier molecular flexibility index (Phi) is 4.57. The fourth-order valence-corrected chi connectivity index (χ4v) is 3.66. The van der Waals surface area contributed by atoms with Crippen LogP contribution in [0.25, 0.3) is 10.4 Å². The maximum absolute atomic E-state index is 12.1. The van der Waals surface area contributed by atoms with Gasteiger partial charge in [-0.2, -0.15) is 0 Å². The molecule has 0 bridgehead atoms. The lowest BCUT2D eigenvalue weighted by atomic mass is 10.1. The first-order chi connectivity index (χ1) is 11.1. The molecule has 0 atom stereocenters. The molecule has 1 aromatic heterocycles. The van der Waals surface area contributed by atoms with Gasteiger partial charge in [0.15, 0.2) is 11.5 Å². The van der Waals surface area contributed by atoms with Crippen molar-refractivity contribution < 1.29 is 14.3 Å². The van der Waals surface area contributed by atoms with Crippen molar-refractivity contribution in [2.24, 2.45) is 0 Å². The van der Waals surface area contributed by atoms with Crippen LogP contribution in [0, 0.1) is 6.92 Å². The van der Waals surface area contributed by atoms with Gasteiger partial charge >= 0.3 is 0 Å². The average molecular weight is 331 g/mol. The molecule has 5 heteroatoms. The maximum atomic E-state index is 12.1. The molecule has 1 aliphatic rings. The van der Waals surface area contributed by atoms with Crippen LogP contribution in [0.3, 0.4) is 0 Å². The zero-order valence-corrected chi connectivity index (χ0v) is 14.5. The molecule has 23 heavy (non-hydrogen) atoms. The Morgan fingerprint density at radius 3 is 2.87 bits per heavy atom. The van der Waals surface area contributed by atoms with Gasteiger partial charge in [0.1, 0.15) is 6.61 Å². The summed E-state index contributed by atoms with van der Waals surface area (Å²) in [7, 11) is 1.66. The number of methoxy groups -OCH3 is 1. The van der Waals surface area contributed by atoms with Crippen LogP contribution in [-0.4, -0.2) is 31.1 Å². The van der Waals surface area contributed by atoms with Crippen molar-refractivity contribution in [3.63, 3.8) is 0 Å². The highest BCUT2D eigenvalue weighted by Gasteiger charge is 2.22.